The van der Waals surface area contributed by atoms with E-state index in [1.165, 1.54) is 18.2 Å². The molecule has 5 nitrogen and oxygen atoms in total. The molecule has 1 amide bonds. The van der Waals surface area contributed by atoms with Crippen LogP contribution in [0, 0.1) is 10.1 Å². The van der Waals surface area contributed by atoms with E-state index >= 15 is 0 Å². The number of hydrogen-bond acceptors (Lipinski definition) is 3. The fraction of sp³-hybridized carbons (Fsp3) is 0.250. The van der Waals surface area contributed by atoms with Crippen LogP contribution >= 0.6 is 11.6 Å². The molecule has 1 atom stereocenters. The number of nitrogens with one attached hydrogen (secondary N) is 1. The smallest absolute Gasteiger partial charge is 0.288 e. The molecule has 18 heavy (non-hydrogen) atoms. The Kier molecular flexibility index (Phi) is 4.85. The van der Waals surface area contributed by atoms with Gasteiger partial charge >= 0.3 is 0 Å². The number of benzene rings is 1. The Bertz CT molecular complexity index is 488. The molecule has 1 rings (SSSR count). The highest BCUT2D eigenvalue weighted by Gasteiger charge is 2.20. The van der Waals surface area contributed by atoms with E-state index in [4.69, 9.17) is 11.6 Å². The molecule has 0 aliphatic rings. The Morgan fingerprint density at radius 2 is 2.33 bits per heavy atom. The van der Waals surface area contributed by atoms with Gasteiger partial charge in [-0.05, 0) is 19.4 Å². The first-order chi connectivity index (χ1) is 8.47. The van der Waals surface area contributed by atoms with Crippen LogP contribution in [-0.4, -0.2) is 16.9 Å². The number of carbonyl (C=O) groups is 1. The van der Waals surface area contributed by atoms with E-state index in [1.54, 1.807) is 6.08 Å². The van der Waals surface area contributed by atoms with Crippen molar-refractivity contribution in [3.05, 3.63) is 51.6 Å². The molecular formula is C12H13ClN2O3. The zero-order valence-electron chi connectivity index (χ0n) is 9.85. The standard InChI is InChI=1S/C12H13ClN2O3/c1-3-5-8(2)14-12(16)9-6-4-7-10(11(9)13)15(17)18/h3-4,6-8H,1,5H2,2H3,(H,14,16). The first kappa shape index (κ1) is 14.2. The molecule has 1 unspecified atom stereocenters. The van der Waals surface area contributed by atoms with Crippen LogP contribution in [0.25, 0.3) is 0 Å². The molecule has 1 N–H and O–H groups in total. The third-order valence-corrected chi connectivity index (χ3v) is 2.71. The molecule has 0 spiro atoms. The number of nitro benzene ring substituents is 1. The molecule has 0 aliphatic heterocycles. The Morgan fingerprint density at radius 1 is 1.67 bits per heavy atom. The highest BCUT2D eigenvalue weighted by atomic mass is 35.5. The van der Waals surface area contributed by atoms with E-state index in [-0.39, 0.29) is 22.3 Å². The lowest BCUT2D eigenvalue weighted by atomic mass is 10.1. The summed E-state index contributed by atoms with van der Waals surface area (Å²) in [5.41, 5.74) is -0.178. The maximum absolute atomic E-state index is 11.9. The summed E-state index contributed by atoms with van der Waals surface area (Å²) < 4.78 is 0. The molecule has 0 heterocycles. The molecule has 1 aromatic carbocycles. The summed E-state index contributed by atoms with van der Waals surface area (Å²) >= 11 is 5.84. The van der Waals surface area contributed by atoms with Crippen molar-refractivity contribution in [1.29, 1.82) is 0 Å². The summed E-state index contributed by atoms with van der Waals surface area (Å²) in [4.78, 5) is 22.0. The summed E-state index contributed by atoms with van der Waals surface area (Å²) in [6.07, 6.45) is 2.29. The Labute approximate surface area is 110 Å². The van der Waals surface area contributed by atoms with Crippen molar-refractivity contribution < 1.29 is 9.72 Å². The first-order valence-electron chi connectivity index (χ1n) is 5.32. The fourth-order valence-electron chi connectivity index (χ4n) is 1.45. The van der Waals surface area contributed by atoms with Crippen molar-refractivity contribution in [2.24, 2.45) is 0 Å². The van der Waals surface area contributed by atoms with Crippen LogP contribution < -0.4 is 5.32 Å². The van der Waals surface area contributed by atoms with Gasteiger partial charge in [0.25, 0.3) is 11.6 Å². The predicted octanol–water partition coefficient (Wildman–Crippen LogP) is 2.94. The Hall–Kier alpha value is -1.88. The molecule has 0 radical (unpaired) electrons. The maximum atomic E-state index is 11.9. The predicted molar refractivity (Wildman–Crippen MR) is 69.8 cm³/mol. The molecule has 0 aliphatic carbocycles. The number of halogens is 1. The van der Waals surface area contributed by atoms with E-state index in [0.29, 0.717) is 6.42 Å². The van der Waals surface area contributed by atoms with Crippen molar-refractivity contribution in [2.75, 3.05) is 0 Å². The number of nitrogens with zero attached hydrogens (tertiary/aromatic N) is 1. The summed E-state index contributed by atoms with van der Waals surface area (Å²) in [7, 11) is 0. The number of nitro groups is 1. The van der Waals surface area contributed by atoms with Crippen LogP contribution in [0.4, 0.5) is 5.69 Å². The van der Waals surface area contributed by atoms with Gasteiger partial charge in [0, 0.05) is 12.1 Å². The van der Waals surface area contributed by atoms with Crippen LogP contribution in [0.5, 0.6) is 0 Å². The van der Waals surface area contributed by atoms with Gasteiger partial charge < -0.3 is 5.32 Å². The van der Waals surface area contributed by atoms with Gasteiger partial charge in [0.15, 0.2) is 0 Å². The minimum atomic E-state index is -0.619. The summed E-state index contributed by atoms with van der Waals surface area (Å²) in [5, 5.41) is 13.2. The summed E-state index contributed by atoms with van der Waals surface area (Å²) in [6, 6.07) is 4.03. The molecular weight excluding hydrogens is 256 g/mol. The minimum Gasteiger partial charge on any atom is -0.349 e. The topological polar surface area (TPSA) is 72.2 Å². The molecule has 0 aromatic heterocycles. The van der Waals surface area contributed by atoms with E-state index in [9.17, 15) is 14.9 Å². The normalized spacial score (nSPS) is 11.7. The lowest BCUT2D eigenvalue weighted by molar-refractivity contribution is -0.384. The van der Waals surface area contributed by atoms with Gasteiger partial charge in [-0.15, -0.1) is 6.58 Å². The zero-order chi connectivity index (χ0) is 13.7. The van der Waals surface area contributed by atoms with E-state index in [1.807, 2.05) is 6.92 Å². The van der Waals surface area contributed by atoms with Gasteiger partial charge in [-0.25, -0.2) is 0 Å². The van der Waals surface area contributed by atoms with Gasteiger partial charge in [0.05, 0.1) is 10.5 Å². The van der Waals surface area contributed by atoms with Gasteiger partial charge in [0.2, 0.25) is 0 Å². The average Bonchev–Trinajstić information content (AvgIpc) is 2.28. The third-order valence-electron chi connectivity index (χ3n) is 2.32. The SMILES string of the molecule is C=CCC(C)NC(=O)c1cccc([N+](=O)[O-])c1Cl. The molecule has 0 saturated carbocycles. The molecule has 0 saturated heterocycles. The minimum absolute atomic E-state index is 0.0989. The Morgan fingerprint density at radius 3 is 2.89 bits per heavy atom. The maximum Gasteiger partial charge on any atom is 0.288 e. The molecule has 0 bridgehead atoms. The molecule has 0 fully saturated rings. The fourth-order valence-corrected chi connectivity index (χ4v) is 1.73. The zero-order valence-corrected chi connectivity index (χ0v) is 10.6. The van der Waals surface area contributed by atoms with Crippen molar-refractivity contribution in [3.8, 4) is 0 Å². The van der Waals surface area contributed by atoms with Gasteiger partial charge in [-0.3, -0.25) is 14.9 Å². The van der Waals surface area contributed by atoms with Gasteiger partial charge in [-0.2, -0.15) is 0 Å². The quantitative estimate of drug-likeness (QED) is 0.507. The second kappa shape index (κ2) is 6.16. The molecule has 6 heteroatoms. The summed E-state index contributed by atoms with van der Waals surface area (Å²) in [6.45, 7) is 5.38. The average molecular weight is 269 g/mol. The molecule has 96 valence electrons. The highest BCUT2D eigenvalue weighted by molar-refractivity contribution is 6.35. The molecule has 1 aromatic rings. The van der Waals surface area contributed by atoms with Crippen molar-refractivity contribution >= 4 is 23.2 Å². The van der Waals surface area contributed by atoms with E-state index in [2.05, 4.69) is 11.9 Å². The lowest BCUT2D eigenvalue weighted by Gasteiger charge is -2.12. The van der Waals surface area contributed by atoms with Crippen LogP contribution in [0.1, 0.15) is 23.7 Å². The second-order valence-corrected chi connectivity index (χ2v) is 4.17. The largest absolute Gasteiger partial charge is 0.349 e. The van der Waals surface area contributed by atoms with E-state index < -0.39 is 10.8 Å². The third kappa shape index (κ3) is 3.30. The van der Waals surface area contributed by atoms with Crippen molar-refractivity contribution in [3.63, 3.8) is 0 Å². The second-order valence-electron chi connectivity index (χ2n) is 3.79. The number of amides is 1. The van der Waals surface area contributed by atoms with E-state index in [0.717, 1.165) is 0 Å². The monoisotopic (exact) mass is 268 g/mol. The highest BCUT2D eigenvalue weighted by Crippen LogP contribution is 2.27. The number of carbonyl (C=O) groups excluding carboxylic acids is 1. The van der Waals surface area contributed by atoms with Crippen LogP contribution in [-0.2, 0) is 0 Å². The van der Waals surface area contributed by atoms with Crippen LogP contribution in [0.15, 0.2) is 30.9 Å². The van der Waals surface area contributed by atoms with Crippen LogP contribution in [0.2, 0.25) is 5.02 Å². The van der Waals surface area contributed by atoms with Crippen LogP contribution in [0.3, 0.4) is 0 Å². The van der Waals surface area contributed by atoms with Crippen molar-refractivity contribution in [1.82, 2.24) is 5.32 Å². The number of hydrogen-bond donors (Lipinski definition) is 1. The Balaban J connectivity index is 2.96. The first-order valence-corrected chi connectivity index (χ1v) is 5.69. The number of rotatable bonds is 5. The summed E-state index contributed by atoms with van der Waals surface area (Å²) in [5.74, 6) is -0.432. The van der Waals surface area contributed by atoms with Gasteiger partial charge in [0.1, 0.15) is 5.02 Å². The lowest BCUT2D eigenvalue weighted by Crippen LogP contribution is -2.32. The van der Waals surface area contributed by atoms with Crippen molar-refractivity contribution in [2.45, 2.75) is 19.4 Å². The van der Waals surface area contributed by atoms with Gasteiger partial charge in [-0.1, -0.05) is 23.7 Å².